The van der Waals surface area contributed by atoms with Crippen LogP contribution in [-0.2, 0) is 9.84 Å². The fourth-order valence-corrected chi connectivity index (χ4v) is 5.83. The monoisotopic (exact) mass is 313 g/mol. The molecule has 0 radical (unpaired) electrons. The maximum absolute atomic E-state index is 11.9. The average Bonchev–Trinajstić information content (AvgIpc) is 2.39. The minimum absolute atomic E-state index is 0.0726. The van der Waals surface area contributed by atoms with E-state index >= 15 is 0 Å². The Bertz CT molecular complexity index is 537. The Morgan fingerprint density at radius 1 is 1.47 bits per heavy atom. The van der Waals surface area contributed by atoms with Crippen LogP contribution in [0, 0.1) is 0 Å². The van der Waals surface area contributed by atoms with Crippen LogP contribution in [0.1, 0.15) is 25.5 Å². The summed E-state index contributed by atoms with van der Waals surface area (Å²) in [5.41, 5.74) is 0.331. The van der Waals surface area contributed by atoms with Gasteiger partial charge in [-0.1, -0.05) is 23.2 Å². The Morgan fingerprint density at radius 3 is 2.59 bits per heavy atom. The fourth-order valence-electron chi connectivity index (χ4n) is 2.18. The van der Waals surface area contributed by atoms with Crippen molar-refractivity contribution < 1.29 is 8.42 Å². The number of hydrogen-bond donors (Lipinski definition) is 1. The number of nitrogens with one attached hydrogen (secondary N) is 1. The summed E-state index contributed by atoms with van der Waals surface area (Å²) in [6.45, 7) is 3.75. The van der Waals surface area contributed by atoms with E-state index in [4.69, 9.17) is 23.2 Å². The van der Waals surface area contributed by atoms with Gasteiger partial charge in [0.2, 0.25) is 0 Å². The van der Waals surface area contributed by atoms with Gasteiger partial charge in [-0.05, 0) is 19.9 Å². The molecule has 3 nitrogen and oxygen atoms in total. The Kier molecular flexibility index (Phi) is 3.51. The molecule has 0 amide bonds. The van der Waals surface area contributed by atoms with Crippen molar-refractivity contribution >= 4 is 44.4 Å². The van der Waals surface area contributed by atoms with Gasteiger partial charge in [0.15, 0.2) is 9.84 Å². The minimum atomic E-state index is -3.05. The Balaban J connectivity index is 2.37. The zero-order valence-electron chi connectivity index (χ0n) is 9.46. The topological polar surface area (TPSA) is 46.2 Å². The third-order valence-electron chi connectivity index (χ3n) is 2.62. The first-order valence-electron chi connectivity index (χ1n) is 5.11. The van der Waals surface area contributed by atoms with Gasteiger partial charge in [-0.2, -0.15) is 0 Å². The minimum Gasteiger partial charge on any atom is -0.303 e. The molecule has 1 saturated heterocycles. The quantitative estimate of drug-likeness (QED) is 0.867. The highest BCUT2D eigenvalue weighted by atomic mass is 35.5. The molecule has 1 aromatic heterocycles. The summed E-state index contributed by atoms with van der Waals surface area (Å²) in [6, 6.07) is 1.46. The standard InChI is InChI=1S/C10H13Cl2NO2S2/c1-10(2)5-17(14,15)4-7(13-10)6-3-8(11)16-9(6)12/h3,7,13H,4-5H2,1-2H3. The Morgan fingerprint density at radius 2 is 2.12 bits per heavy atom. The second-order valence-corrected chi connectivity index (χ2v) is 9.31. The molecule has 1 atom stereocenters. The zero-order chi connectivity index (χ0) is 12.8. The molecule has 1 fully saturated rings. The van der Waals surface area contributed by atoms with Crippen molar-refractivity contribution in [3.05, 3.63) is 20.3 Å². The molecule has 1 aliphatic heterocycles. The Labute approximate surface area is 115 Å². The van der Waals surface area contributed by atoms with Crippen LogP contribution in [0.2, 0.25) is 8.67 Å². The SMILES string of the molecule is CC1(C)CS(=O)(=O)CC(c2cc(Cl)sc2Cl)N1. The third kappa shape index (κ3) is 3.15. The van der Waals surface area contributed by atoms with Crippen LogP contribution in [0.4, 0.5) is 0 Å². The summed E-state index contributed by atoms with van der Waals surface area (Å²) in [6.07, 6.45) is 0. The lowest BCUT2D eigenvalue weighted by Crippen LogP contribution is -2.54. The molecule has 96 valence electrons. The lowest BCUT2D eigenvalue weighted by atomic mass is 10.0. The summed E-state index contributed by atoms with van der Waals surface area (Å²) in [7, 11) is -3.05. The second kappa shape index (κ2) is 4.38. The van der Waals surface area contributed by atoms with Crippen LogP contribution in [0.5, 0.6) is 0 Å². The normalized spacial score (nSPS) is 26.9. The summed E-state index contributed by atoms with van der Waals surface area (Å²) < 4.78 is 24.8. The van der Waals surface area contributed by atoms with Gasteiger partial charge < -0.3 is 5.32 Å². The number of hydrogen-bond acceptors (Lipinski definition) is 4. The van der Waals surface area contributed by atoms with Gasteiger partial charge >= 0.3 is 0 Å². The van der Waals surface area contributed by atoms with Crippen LogP contribution < -0.4 is 5.32 Å². The molecule has 0 spiro atoms. The van der Waals surface area contributed by atoms with Crippen molar-refractivity contribution in [2.45, 2.75) is 25.4 Å². The van der Waals surface area contributed by atoms with E-state index in [0.717, 1.165) is 5.56 Å². The van der Waals surface area contributed by atoms with E-state index in [9.17, 15) is 8.42 Å². The molecule has 7 heteroatoms. The second-order valence-electron chi connectivity index (χ2n) is 4.91. The van der Waals surface area contributed by atoms with Crippen LogP contribution in [0.15, 0.2) is 6.07 Å². The van der Waals surface area contributed by atoms with Crippen LogP contribution in [-0.4, -0.2) is 25.5 Å². The fraction of sp³-hybridized carbons (Fsp3) is 0.600. The predicted molar refractivity (Wildman–Crippen MR) is 72.9 cm³/mol. The maximum atomic E-state index is 11.9. The molecule has 0 bridgehead atoms. The van der Waals surface area contributed by atoms with Crippen molar-refractivity contribution in [3.8, 4) is 0 Å². The molecule has 1 N–H and O–H groups in total. The van der Waals surface area contributed by atoms with Gasteiger partial charge in [0.05, 0.1) is 20.2 Å². The number of sulfone groups is 1. The van der Waals surface area contributed by atoms with Gasteiger partial charge in [-0.15, -0.1) is 11.3 Å². The van der Waals surface area contributed by atoms with E-state index in [1.54, 1.807) is 6.07 Å². The molecule has 0 saturated carbocycles. The van der Waals surface area contributed by atoms with E-state index < -0.39 is 15.4 Å². The van der Waals surface area contributed by atoms with Gasteiger partial charge in [-0.25, -0.2) is 8.42 Å². The van der Waals surface area contributed by atoms with Gasteiger partial charge in [0, 0.05) is 17.1 Å². The summed E-state index contributed by atoms with van der Waals surface area (Å²) >= 11 is 13.2. The molecule has 1 aliphatic rings. The molecule has 1 unspecified atom stereocenters. The van der Waals surface area contributed by atoms with Crippen molar-refractivity contribution in [2.75, 3.05) is 11.5 Å². The molecular weight excluding hydrogens is 301 g/mol. The van der Waals surface area contributed by atoms with Crippen molar-refractivity contribution in [1.82, 2.24) is 5.32 Å². The summed E-state index contributed by atoms with van der Waals surface area (Å²) in [5.74, 6) is 0.217. The van der Waals surface area contributed by atoms with Gasteiger partial charge in [0.25, 0.3) is 0 Å². The zero-order valence-corrected chi connectivity index (χ0v) is 12.6. The van der Waals surface area contributed by atoms with E-state index in [2.05, 4.69) is 5.32 Å². The average molecular weight is 314 g/mol. The smallest absolute Gasteiger partial charge is 0.153 e. The van der Waals surface area contributed by atoms with Crippen LogP contribution >= 0.6 is 34.5 Å². The van der Waals surface area contributed by atoms with Crippen LogP contribution in [0.3, 0.4) is 0 Å². The molecule has 0 aromatic carbocycles. The first-order chi connectivity index (χ1) is 7.69. The first kappa shape index (κ1) is 13.6. The molecule has 17 heavy (non-hydrogen) atoms. The maximum Gasteiger partial charge on any atom is 0.153 e. The highest BCUT2D eigenvalue weighted by Crippen LogP contribution is 2.37. The van der Waals surface area contributed by atoms with E-state index in [1.165, 1.54) is 11.3 Å². The highest BCUT2D eigenvalue weighted by Gasteiger charge is 2.37. The van der Waals surface area contributed by atoms with Crippen LogP contribution in [0.25, 0.3) is 0 Å². The number of rotatable bonds is 1. The lowest BCUT2D eigenvalue weighted by Gasteiger charge is -2.36. The number of halogens is 2. The van der Waals surface area contributed by atoms with Gasteiger partial charge in [0.1, 0.15) is 0 Å². The molecule has 2 heterocycles. The first-order valence-corrected chi connectivity index (χ1v) is 8.51. The molecule has 1 aromatic rings. The van der Waals surface area contributed by atoms with Gasteiger partial charge in [-0.3, -0.25) is 0 Å². The predicted octanol–water partition coefficient (Wildman–Crippen LogP) is 2.89. The Hall–Kier alpha value is 0.190. The lowest BCUT2D eigenvalue weighted by molar-refractivity contribution is 0.360. The third-order valence-corrected chi connectivity index (χ3v) is 6.15. The summed E-state index contributed by atoms with van der Waals surface area (Å²) in [4.78, 5) is 0. The van der Waals surface area contributed by atoms with E-state index in [1.807, 2.05) is 13.8 Å². The molecule has 2 rings (SSSR count). The largest absolute Gasteiger partial charge is 0.303 e. The molecule has 0 aliphatic carbocycles. The van der Waals surface area contributed by atoms with Crippen molar-refractivity contribution in [3.63, 3.8) is 0 Å². The van der Waals surface area contributed by atoms with E-state index in [-0.39, 0.29) is 17.5 Å². The molecular formula is C10H13Cl2NO2S2. The highest BCUT2D eigenvalue weighted by molar-refractivity contribution is 7.91. The van der Waals surface area contributed by atoms with E-state index in [0.29, 0.717) is 8.67 Å². The van der Waals surface area contributed by atoms with Crippen molar-refractivity contribution in [2.24, 2.45) is 0 Å². The van der Waals surface area contributed by atoms with Crippen molar-refractivity contribution in [1.29, 1.82) is 0 Å². The number of thiophene rings is 1. The summed E-state index contributed by atoms with van der Waals surface area (Å²) in [5, 5.41) is 3.30.